The molecule has 1 aliphatic rings. The van der Waals surface area contributed by atoms with Crippen molar-refractivity contribution in [2.75, 3.05) is 38.7 Å². The van der Waals surface area contributed by atoms with Gasteiger partial charge in [0.05, 0.1) is 18.9 Å². The number of likely N-dealkylation sites (N-methyl/N-ethyl adjacent to an activating group) is 1. The first-order chi connectivity index (χ1) is 10.8. The number of hydrogen-bond donors (Lipinski definition) is 1. The molecule has 1 aliphatic heterocycles. The lowest BCUT2D eigenvalue weighted by Gasteiger charge is -2.40. The number of amides is 1. The van der Waals surface area contributed by atoms with E-state index in [-0.39, 0.29) is 12.5 Å². The molecule has 128 valence electrons. The minimum Gasteiger partial charge on any atom is -0.490 e. The van der Waals surface area contributed by atoms with Gasteiger partial charge in [-0.15, -0.1) is 0 Å². The van der Waals surface area contributed by atoms with Gasteiger partial charge in [0.15, 0.2) is 17.1 Å². The number of nitrogens with zero attached hydrogens (tertiary/aromatic N) is 2. The van der Waals surface area contributed by atoms with Gasteiger partial charge in [0.1, 0.15) is 0 Å². The molecule has 0 bridgehead atoms. The second-order valence-corrected chi connectivity index (χ2v) is 6.41. The molecule has 1 heterocycles. The van der Waals surface area contributed by atoms with Gasteiger partial charge in [-0.3, -0.25) is 4.79 Å². The fourth-order valence-corrected chi connectivity index (χ4v) is 2.56. The number of ether oxygens (including phenoxy) is 2. The van der Waals surface area contributed by atoms with Crippen LogP contribution in [0.5, 0.6) is 11.5 Å². The normalized spacial score (nSPS) is 16.3. The largest absolute Gasteiger partial charge is 0.490 e. The standard InChI is InChI=1S/C17H26N2O4/c1-6-22-14-10-12(11-20)9-13-15(14)23-17(2,3)16(21)19(13)8-7-18(4)5/h9-10,20H,6-8,11H2,1-5H3. The zero-order chi connectivity index (χ0) is 17.2. The fourth-order valence-electron chi connectivity index (χ4n) is 2.56. The van der Waals surface area contributed by atoms with Gasteiger partial charge >= 0.3 is 0 Å². The number of hydrogen-bond acceptors (Lipinski definition) is 5. The van der Waals surface area contributed by atoms with E-state index < -0.39 is 5.60 Å². The first-order valence-electron chi connectivity index (χ1n) is 7.86. The number of aliphatic hydroxyl groups is 1. The lowest BCUT2D eigenvalue weighted by Crippen LogP contribution is -2.54. The molecule has 1 aromatic rings. The molecule has 0 atom stereocenters. The van der Waals surface area contributed by atoms with Crippen molar-refractivity contribution in [1.82, 2.24) is 4.90 Å². The highest BCUT2D eigenvalue weighted by molar-refractivity contribution is 6.03. The summed E-state index contributed by atoms with van der Waals surface area (Å²) in [4.78, 5) is 16.5. The number of aliphatic hydroxyl groups excluding tert-OH is 1. The molecule has 0 fully saturated rings. The van der Waals surface area contributed by atoms with E-state index in [2.05, 4.69) is 0 Å². The average Bonchev–Trinajstić information content (AvgIpc) is 2.48. The van der Waals surface area contributed by atoms with E-state index in [9.17, 15) is 9.90 Å². The molecule has 6 heteroatoms. The summed E-state index contributed by atoms with van der Waals surface area (Å²) in [6.45, 7) is 7.05. The maximum atomic E-state index is 12.8. The summed E-state index contributed by atoms with van der Waals surface area (Å²) < 4.78 is 11.6. The molecule has 6 nitrogen and oxygen atoms in total. The molecule has 0 saturated carbocycles. The van der Waals surface area contributed by atoms with E-state index in [1.165, 1.54) is 0 Å². The Hall–Kier alpha value is -1.79. The first-order valence-corrected chi connectivity index (χ1v) is 7.86. The van der Waals surface area contributed by atoms with E-state index in [1.54, 1.807) is 30.9 Å². The van der Waals surface area contributed by atoms with Crippen LogP contribution >= 0.6 is 0 Å². The van der Waals surface area contributed by atoms with Gasteiger partial charge in [-0.05, 0) is 52.6 Å². The molecule has 1 amide bonds. The summed E-state index contributed by atoms with van der Waals surface area (Å²) in [6.07, 6.45) is 0. The van der Waals surface area contributed by atoms with E-state index in [1.807, 2.05) is 25.9 Å². The minimum absolute atomic E-state index is 0.0932. The zero-order valence-electron chi connectivity index (χ0n) is 14.5. The Kier molecular flexibility index (Phi) is 5.16. The molecular formula is C17H26N2O4. The monoisotopic (exact) mass is 322 g/mol. The molecule has 0 aliphatic carbocycles. The van der Waals surface area contributed by atoms with Gasteiger partial charge in [0.2, 0.25) is 0 Å². The van der Waals surface area contributed by atoms with E-state index in [0.29, 0.717) is 35.9 Å². The predicted octanol–water partition coefficient (Wildman–Crippen LogP) is 1.64. The van der Waals surface area contributed by atoms with Gasteiger partial charge in [-0.1, -0.05) is 0 Å². The molecule has 0 unspecified atom stereocenters. The van der Waals surface area contributed by atoms with Crippen LogP contribution in [0.25, 0.3) is 0 Å². The second kappa shape index (κ2) is 6.76. The quantitative estimate of drug-likeness (QED) is 0.863. The number of carbonyl (C=O) groups excluding carboxylic acids is 1. The minimum atomic E-state index is -0.952. The maximum absolute atomic E-state index is 12.8. The Balaban J connectivity index is 2.53. The van der Waals surface area contributed by atoms with E-state index in [4.69, 9.17) is 9.47 Å². The van der Waals surface area contributed by atoms with Crippen molar-refractivity contribution in [2.45, 2.75) is 33.0 Å². The Bertz CT molecular complexity index is 584. The average molecular weight is 322 g/mol. The Morgan fingerprint density at radius 1 is 1.35 bits per heavy atom. The predicted molar refractivity (Wildman–Crippen MR) is 89.1 cm³/mol. The van der Waals surface area contributed by atoms with Gasteiger partial charge < -0.3 is 24.4 Å². The number of carbonyl (C=O) groups is 1. The molecule has 23 heavy (non-hydrogen) atoms. The van der Waals surface area contributed by atoms with Crippen molar-refractivity contribution in [3.05, 3.63) is 17.7 Å². The van der Waals surface area contributed by atoms with E-state index in [0.717, 1.165) is 6.54 Å². The molecule has 1 aromatic carbocycles. The van der Waals surface area contributed by atoms with Gasteiger partial charge in [-0.2, -0.15) is 0 Å². The Labute approximate surface area is 137 Å². The highest BCUT2D eigenvalue weighted by Crippen LogP contribution is 2.45. The van der Waals surface area contributed by atoms with Gasteiger partial charge in [-0.25, -0.2) is 0 Å². The lowest BCUT2D eigenvalue weighted by atomic mass is 10.0. The van der Waals surface area contributed by atoms with Gasteiger partial charge in [0.25, 0.3) is 5.91 Å². The van der Waals surface area contributed by atoms with Crippen LogP contribution < -0.4 is 14.4 Å². The number of benzene rings is 1. The smallest absolute Gasteiger partial charge is 0.270 e. The zero-order valence-corrected chi connectivity index (χ0v) is 14.5. The number of anilines is 1. The third-order valence-electron chi connectivity index (χ3n) is 3.76. The van der Waals surface area contributed by atoms with Crippen molar-refractivity contribution < 1.29 is 19.4 Å². The maximum Gasteiger partial charge on any atom is 0.270 e. The summed E-state index contributed by atoms with van der Waals surface area (Å²) >= 11 is 0. The SMILES string of the molecule is CCOc1cc(CO)cc2c1OC(C)(C)C(=O)N2CCN(C)C. The number of fused-ring (bicyclic) bond motifs is 1. The highest BCUT2D eigenvalue weighted by Gasteiger charge is 2.42. The van der Waals surface area contributed by atoms with Crippen LogP contribution in [0.1, 0.15) is 26.3 Å². The summed E-state index contributed by atoms with van der Waals surface area (Å²) in [6, 6.07) is 3.55. The van der Waals surface area contributed by atoms with E-state index >= 15 is 0 Å². The molecule has 0 radical (unpaired) electrons. The van der Waals surface area contributed by atoms with Crippen molar-refractivity contribution in [3.63, 3.8) is 0 Å². The van der Waals surface area contributed by atoms with Crippen LogP contribution in [-0.2, 0) is 11.4 Å². The molecule has 0 saturated heterocycles. The third-order valence-corrected chi connectivity index (χ3v) is 3.76. The van der Waals surface area contributed by atoms with Crippen LogP contribution in [0.4, 0.5) is 5.69 Å². The van der Waals surface area contributed by atoms with Crippen LogP contribution in [0.15, 0.2) is 12.1 Å². The van der Waals surface area contributed by atoms with Crippen LogP contribution in [0.2, 0.25) is 0 Å². The molecule has 0 aromatic heterocycles. The van der Waals surface area contributed by atoms with Crippen molar-refractivity contribution in [2.24, 2.45) is 0 Å². The summed E-state index contributed by atoms with van der Waals surface area (Å²) in [7, 11) is 3.93. The lowest BCUT2D eigenvalue weighted by molar-refractivity contribution is -0.132. The molecule has 2 rings (SSSR count). The molecule has 0 spiro atoms. The van der Waals surface area contributed by atoms with Crippen LogP contribution in [-0.4, -0.2) is 55.3 Å². The van der Waals surface area contributed by atoms with Crippen molar-refractivity contribution >= 4 is 11.6 Å². The summed E-state index contributed by atoms with van der Waals surface area (Å²) in [5.41, 5.74) is 0.399. The second-order valence-electron chi connectivity index (χ2n) is 6.41. The molecule has 1 N–H and O–H groups in total. The van der Waals surface area contributed by atoms with Crippen molar-refractivity contribution in [3.8, 4) is 11.5 Å². The summed E-state index contributed by atoms with van der Waals surface area (Å²) in [5, 5.41) is 9.50. The Morgan fingerprint density at radius 3 is 2.61 bits per heavy atom. The highest BCUT2D eigenvalue weighted by atomic mass is 16.5. The van der Waals surface area contributed by atoms with Gasteiger partial charge in [0, 0.05) is 13.1 Å². The Morgan fingerprint density at radius 2 is 2.04 bits per heavy atom. The summed E-state index contributed by atoms with van der Waals surface area (Å²) in [5.74, 6) is 1.03. The van der Waals surface area contributed by atoms with Crippen LogP contribution in [0, 0.1) is 0 Å². The molecular weight excluding hydrogens is 296 g/mol. The third kappa shape index (κ3) is 3.59. The first kappa shape index (κ1) is 17.6. The van der Waals surface area contributed by atoms with Crippen LogP contribution in [0.3, 0.4) is 0 Å². The number of rotatable bonds is 6. The fraction of sp³-hybridized carbons (Fsp3) is 0.588. The topological polar surface area (TPSA) is 62.2 Å². The van der Waals surface area contributed by atoms with Crippen molar-refractivity contribution in [1.29, 1.82) is 0 Å².